The summed E-state index contributed by atoms with van der Waals surface area (Å²) in [6.07, 6.45) is 1.71. The number of aryl methyl sites for hydroxylation is 1. The summed E-state index contributed by atoms with van der Waals surface area (Å²) >= 11 is 0.964. The summed E-state index contributed by atoms with van der Waals surface area (Å²) in [5.74, 6) is 0.405. The molecular weight excluding hydrogens is 322 g/mol. The van der Waals surface area contributed by atoms with Gasteiger partial charge in [-0.05, 0) is 42.0 Å². The highest BCUT2D eigenvalue weighted by molar-refractivity contribution is 8.18. The van der Waals surface area contributed by atoms with Crippen LogP contribution in [-0.2, 0) is 11.3 Å². The number of amides is 2. The van der Waals surface area contributed by atoms with E-state index < -0.39 is 0 Å². The maximum Gasteiger partial charge on any atom is 0.293 e. The van der Waals surface area contributed by atoms with E-state index in [0.29, 0.717) is 17.2 Å². The first-order valence-corrected chi connectivity index (χ1v) is 8.34. The average Bonchev–Trinajstić information content (AvgIpc) is 2.85. The van der Waals surface area contributed by atoms with E-state index in [0.717, 1.165) is 28.5 Å². The lowest BCUT2D eigenvalue weighted by Crippen LogP contribution is -2.27. The molecule has 2 amide bonds. The van der Waals surface area contributed by atoms with Gasteiger partial charge in [-0.15, -0.1) is 0 Å². The molecule has 0 atom stereocenters. The normalized spacial score (nSPS) is 16.1. The fourth-order valence-electron chi connectivity index (χ4n) is 2.52. The zero-order valence-electron chi connectivity index (χ0n) is 13.5. The molecule has 0 spiro atoms. The van der Waals surface area contributed by atoms with Gasteiger partial charge >= 0.3 is 0 Å². The summed E-state index contributed by atoms with van der Waals surface area (Å²) in [7, 11) is 1.58. The van der Waals surface area contributed by atoms with Crippen LogP contribution >= 0.6 is 11.8 Å². The molecule has 1 saturated heterocycles. The van der Waals surface area contributed by atoms with E-state index in [9.17, 15) is 9.59 Å². The van der Waals surface area contributed by atoms with Gasteiger partial charge < -0.3 is 4.74 Å². The largest absolute Gasteiger partial charge is 0.496 e. The van der Waals surface area contributed by atoms with E-state index >= 15 is 0 Å². The summed E-state index contributed by atoms with van der Waals surface area (Å²) in [5, 5.41) is -0.246. The summed E-state index contributed by atoms with van der Waals surface area (Å²) in [4.78, 5) is 26.6. The fraction of sp³-hybridized carbons (Fsp3) is 0.158. The molecule has 0 aliphatic carbocycles. The van der Waals surface area contributed by atoms with Crippen molar-refractivity contribution in [1.29, 1.82) is 0 Å². The van der Waals surface area contributed by atoms with Gasteiger partial charge in [0.15, 0.2) is 0 Å². The Kier molecular flexibility index (Phi) is 4.71. The van der Waals surface area contributed by atoms with E-state index in [2.05, 4.69) is 0 Å². The predicted octanol–water partition coefficient (Wildman–Crippen LogP) is 4.24. The van der Waals surface area contributed by atoms with Crippen molar-refractivity contribution in [3.63, 3.8) is 0 Å². The molecule has 122 valence electrons. The second-order valence-corrected chi connectivity index (χ2v) is 6.43. The maximum absolute atomic E-state index is 12.6. The number of carbonyl (C=O) groups is 2. The van der Waals surface area contributed by atoms with Crippen LogP contribution in [0.1, 0.15) is 16.7 Å². The quantitative estimate of drug-likeness (QED) is 0.782. The highest BCUT2D eigenvalue weighted by atomic mass is 32.2. The number of thioether (sulfide) groups is 1. The van der Waals surface area contributed by atoms with E-state index in [1.165, 1.54) is 4.90 Å². The van der Waals surface area contributed by atoms with Gasteiger partial charge in [-0.25, -0.2) is 0 Å². The highest BCUT2D eigenvalue weighted by Crippen LogP contribution is 2.35. The van der Waals surface area contributed by atoms with E-state index in [-0.39, 0.29) is 11.1 Å². The minimum Gasteiger partial charge on any atom is -0.496 e. The minimum absolute atomic E-state index is 0.246. The number of benzene rings is 2. The van der Waals surface area contributed by atoms with Crippen molar-refractivity contribution in [2.45, 2.75) is 13.5 Å². The molecule has 4 nitrogen and oxygen atoms in total. The maximum atomic E-state index is 12.6. The van der Waals surface area contributed by atoms with Crippen LogP contribution in [0, 0.1) is 6.92 Å². The lowest BCUT2D eigenvalue weighted by atomic mass is 10.1. The Bertz CT molecular complexity index is 829. The molecule has 1 aliphatic rings. The smallest absolute Gasteiger partial charge is 0.293 e. The second kappa shape index (κ2) is 6.93. The van der Waals surface area contributed by atoms with Gasteiger partial charge in [-0.3, -0.25) is 14.5 Å². The van der Waals surface area contributed by atoms with Gasteiger partial charge in [0.1, 0.15) is 5.75 Å². The van der Waals surface area contributed by atoms with Crippen LogP contribution in [0.25, 0.3) is 6.08 Å². The van der Waals surface area contributed by atoms with E-state index in [4.69, 9.17) is 4.74 Å². The lowest BCUT2D eigenvalue weighted by Gasteiger charge is -2.14. The third-order valence-corrected chi connectivity index (χ3v) is 4.80. The van der Waals surface area contributed by atoms with Crippen LogP contribution in [-0.4, -0.2) is 23.2 Å². The van der Waals surface area contributed by atoms with Crippen LogP contribution in [0.5, 0.6) is 5.75 Å². The summed E-state index contributed by atoms with van der Waals surface area (Å²) in [6.45, 7) is 2.26. The van der Waals surface area contributed by atoms with E-state index in [1.807, 2.05) is 55.5 Å². The van der Waals surface area contributed by atoms with Gasteiger partial charge in [0.25, 0.3) is 11.1 Å². The predicted molar refractivity (Wildman–Crippen MR) is 95.7 cm³/mol. The lowest BCUT2D eigenvalue weighted by molar-refractivity contribution is -0.123. The Balaban J connectivity index is 1.86. The number of hydrogen-bond donors (Lipinski definition) is 0. The van der Waals surface area contributed by atoms with Crippen LogP contribution in [0.2, 0.25) is 0 Å². The van der Waals surface area contributed by atoms with Crippen molar-refractivity contribution in [2.75, 3.05) is 7.11 Å². The van der Waals surface area contributed by atoms with Crippen LogP contribution in [0.15, 0.2) is 53.4 Å². The Morgan fingerprint density at radius 1 is 1.08 bits per heavy atom. The molecular formula is C19H17NO3S. The number of carbonyl (C=O) groups excluding carboxylic acids is 2. The van der Waals surface area contributed by atoms with Gasteiger partial charge in [-0.2, -0.15) is 0 Å². The zero-order valence-corrected chi connectivity index (χ0v) is 14.3. The average molecular weight is 339 g/mol. The van der Waals surface area contributed by atoms with Crippen molar-refractivity contribution >= 4 is 29.0 Å². The molecule has 24 heavy (non-hydrogen) atoms. The SMILES string of the molecule is COc1ccccc1/C=C1\SC(=O)N(Cc2ccccc2C)C1=O. The topological polar surface area (TPSA) is 46.6 Å². The van der Waals surface area contributed by atoms with Gasteiger partial charge in [0, 0.05) is 5.56 Å². The third kappa shape index (κ3) is 3.21. The first kappa shape index (κ1) is 16.3. The number of nitrogens with zero attached hydrogens (tertiary/aromatic N) is 1. The summed E-state index contributed by atoms with van der Waals surface area (Å²) < 4.78 is 5.29. The fourth-order valence-corrected chi connectivity index (χ4v) is 3.35. The molecule has 1 fully saturated rings. The summed E-state index contributed by atoms with van der Waals surface area (Å²) in [5.41, 5.74) is 2.81. The minimum atomic E-state index is -0.265. The van der Waals surface area contributed by atoms with Crippen molar-refractivity contribution in [2.24, 2.45) is 0 Å². The second-order valence-electron chi connectivity index (χ2n) is 5.44. The third-order valence-electron chi connectivity index (χ3n) is 3.89. The molecule has 1 aliphatic heterocycles. The molecule has 0 saturated carbocycles. The molecule has 0 unspecified atom stereocenters. The number of ether oxygens (including phenoxy) is 1. The molecule has 0 bridgehead atoms. The number of methoxy groups -OCH3 is 1. The van der Waals surface area contributed by atoms with Crippen molar-refractivity contribution in [1.82, 2.24) is 4.90 Å². The van der Waals surface area contributed by atoms with Crippen LogP contribution < -0.4 is 4.74 Å². The van der Waals surface area contributed by atoms with Crippen LogP contribution in [0.3, 0.4) is 0 Å². The molecule has 2 aromatic rings. The first-order chi connectivity index (χ1) is 11.6. The number of imide groups is 1. The van der Waals surface area contributed by atoms with Crippen molar-refractivity contribution in [3.8, 4) is 5.75 Å². The molecule has 5 heteroatoms. The highest BCUT2D eigenvalue weighted by Gasteiger charge is 2.35. The Morgan fingerprint density at radius 3 is 2.54 bits per heavy atom. The summed E-state index contributed by atoms with van der Waals surface area (Å²) in [6, 6.07) is 15.2. The molecule has 3 rings (SSSR count). The van der Waals surface area contributed by atoms with E-state index in [1.54, 1.807) is 13.2 Å². The molecule has 0 aromatic heterocycles. The van der Waals surface area contributed by atoms with Crippen molar-refractivity contribution < 1.29 is 14.3 Å². The first-order valence-electron chi connectivity index (χ1n) is 7.53. The van der Waals surface area contributed by atoms with Gasteiger partial charge in [0.05, 0.1) is 18.6 Å². The molecule has 2 aromatic carbocycles. The number of hydrogen-bond acceptors (Lipinski definition) is 4. The Morgan fingerprint density at radius 2 is 1.79 bits per heavy atom. The zero-order chi connectivity index (χ0) is 17.1. The Labute approximate surface area is 145 Å². The molecule has 0 N–H and O–H groups in total. The van der Waals surface area contributed by atoms with Gasteiger partial charge in [0.2, 0.25) is 0 Å². The molecule has 1 heterocycles. The standard InChI is InChI=1S/C19H17NO3S/c1-13-7-3-4-9-15(13)12-20-18(21)17(24-19(20)22)11-14-8-5-6-10-16(14)23-2/h3-11H,12H2,1-2H3/b17-11-. The molecule has 0 radical (unpaired) electrons. The Hall–Kier alpha value is -2.53. The number of para-hydroxylation sites is 1. The number of rotatable bonds is 4. The van der Waals surface area contributed by atoms with Crippen LogP contribution in [0.4, 0.5) is 4.79 Å². The monoisotopic (exact) mass is 339 g/mol. The van der Waals surface area contributed by atoms with Crippen molar-refractivity contribution in [3.05, 3.63) is 70.1 Å². The van der Waals surface area contributed by atoms with Gasteiger partial charge in [-0.1, -0.05) is 42.5 Å².